The van der Waals surface area contributed by atoms with E-state index in [2.05, 4.69) is 10.3 Å². The molecule has 1 amide bonds. The third-order valence-electron chi connectivity index (χ3n) is 3.30. The summed E-state index contributed by atoms with van der Waals surface area (Å²) in [6.07, 6.45) is 1.72. The molecule has 3 N–H and O–H groups in total. The molecule has 1 heterocycles. The van der Waals surface area contributed by atoms with Crippen LogP contribution in [0.4, 0.5) is 5.69 Å². The van der Waals surface area contributed by atoms with Crippen LogP contribution in [0.1, 0.15) is 11.1 Å². The van der Waals surface area contributed by atoms with E-state index in [1.807, 2.05) is 61.5 Å². The van der Waals surface area contributed by atoms with Gasteiger partial charge in [-0.2, -0.15) is 0 Å². The number of carbonyl (C=O) groups excluding carboxylic acids is 1. The van der Waals surface area contributed by atoms with Gasteiger partial charge in [0.2, 0.25) is 5.96 Å². The highest BCUT2D eigenvalue weighted by Crippen LogP contribution is 2.17. The topological polar surface area (TPSA) is 70.7 Å². The largest absolute Gasteiger partial charge is 0.324 e. The van der Waals surface area contributed by atoms with Crippen molar-refractivity contribution in [1.29, 1.82) is 0 Å². The molecule has 0 unspecified atom stereocenters. The van der Waals surface area contributed by atoms with Crippen LogP contribution in [0.2, 0.25) is 0 Å². The molecule has 0 saturated heterocycles. The zero-order chi connectivity index (χ0) is 15.5. The second kappa shape index (κ2) is 5.83. The molecular formula is C17H16N4O. The highest BCUT2D eigenvalue weighted by Gasteiger charge is 2.27. The van der Waals surface area contributed by atoms with Gasteiger partial charge in [0.05, 0.1) is 0 Å². The quantitative estimate of drug-likeness (QED) is 0.507. The van der Waals surface area contributed by atoms with E-state index < -0.39 is 0 Å². The number of nitrogens with two attached hydrogens (primary N) is 1. The maximum absolute atomic E-state index is 12.2. The Bertz CT molecular complexity index is 748. The molecule has 0 saturated carbocycles. The minimum Gasteiger partial charge on any atom is -0.324 e. The number of guanidine groups is 1. The van der Waals surface area contributed by atoms with Crippen molar-refractivity contribution in [3.05, 3.63) is 71.4 Å². The summed E-state index contributed by atoms with van der Waals surface area (Å²) in [7, 11) is 0. The Balaban J connectivity index is 1.86. The lowest BCUT2D eigenvalue weighted by atomic mass is 10.1. The van der Waals surface area contributed by atoms with Crippen molar-refractivity contribution in [2.75, 3.05) is 5.32 Å². The Hall–Kier alpha value is -2.92. The van der Waals surface area contributed by atoms with Gasteiger partial charge in [0.25, 0.3) is 5.91 Å². The van der Waals surface area contributed by atoms with Crippen LogP contribution in [-0.2, 0) is 4.79 Å². The minimum absolute atomic E-state index is 0.310. The minimum atomic E-state index is -0.334. The van der Waals surface area contributed by atoms with E-state index in [1.165, 1.54) is 0 Å². The average Bonchev–Trinajstić information content (AvgIpc) is 2.79. The summed E-state index contributed by atoms with van der Waals surface area (Å²) in [6.45, 7) is 2.01. The van der Waals surface area contributed by atoms with Crippen molar-refractivity contribution in [2.45, 2.75) is 6.92 Å². The Morgan fingerprint density at radius 3 is 2.45 bits per heavy atom. The first-order chi connectivity index (χ1) is 10.6. The molecule has 5 heteroatoms. The molecule has 1 aliphatic heterocycles. The van der Waals surface area contributed by atoms with Gasteiger partial charge in [0.1, 0.15) is 5.70 Å². The number of hydrazine groups is 1. The fraction of sp³-hybridized carbons (Fsp3) is 0.0588. The Morgan fingerprint density at radius 1 is 1.09 bits per heavy atom. The number of amides is 1. The number of aliphatic imine (C=N–C) groups is 1. The second-order valence-corrected chi connectivity index (χ2v) is 5.04. The van der Waals surface area contributed by atoms with Crippen LogP contribution in [0.3, 0.4) is 0 Å². The maximum atomic E-state index is 12.2. The van der Waals surface area contributed by atoms with Gasteiger partial charge in [0.15, 0.2) is 0 Å². The number of hydrogen-bond donors (Lipinski definition) is 2. The van der Waals surface area contributed by atoms with Crippen molar-refractivity contribution >= 4 is 23.6 Å². The predicted molar refractivity (Wildman–Crippen MR) is 87.7 cm³/mol. The van der Waals surface area contributed by atoms with E-state index in [1.54, 1.807) is 6.08 Å². The molecule has 0 fully saturated rings. The number of hydrogen-bond acceptors (Lipinski definition) is 4. The van der Waals surface area contributed by atoms with E-state index in [0.29, 0.717) is 11.7 Å². The van der Waals surface area contributed by atoms with E-state index in [0.717, 1.165) is 21.8 Å². The lowest BCUT2D eigenvalue weighted by molar-refractivity contribution is -0.122. The molecule has 2 aromatic carbocycles. The number of para-hydroxylation sites is 1. The summed E-state index contributed by atoms with van der Waals surface area (Å²) in [5.74, 6) is 5.77. The lowest BCUT2D eigenvalue weighted by Gasteiger charge is -2.12. The zero-order valence-corrected chi connectivity index (χ0v) is 12.2. The van der Waals surface area contributed by atoms with Crippen molar-refractivity contribution in [1.82, 2.24) is 5.01 Å². The first-order valence-corrected chi connectivity index (χ1v) is 6.92. The third-order valence-corrected chi connectivity index (χ3v) is 3.30. The smallest absolute Gasteiger partial charge is 0.293 e. The van der Waals surface area contributed by atoms with Crippen LogP contribution in [0.5, 0.6) is 0 Å². The Morgan fingerprint density at radius 2 is 1.77 bits per heavy atom. The third kappa shape index (κ3) is 2.89. The average molecular weight is 292 g/mol. The van der Waals surface area contributed by atoms with Crippen molar-refractivity contribution in [3.8, 4) is 0 Å². The molecule has 0 aromatic heterocycles. The van der Waals surface area contributed by atoms with E-state index in [-0.39, 0.29) is 5.91 Å². The normalized spacial score (nSPS) is 16.1. The summed E-state index contributed by atoms with van der Waals surface area (Å²) in [5.41, 5.74) is 3.20. The second-order valence-electron chi connectivity index (χ2n) is 5.04. The molecular weight excluding hydrogens is 276 g/mol. The summed E-state index contributed by atoms with van der Waals surface area (Å²) in [6, 6.07) is 17.3. The van der Waals surface area contributed by atoms with Crippen molar-refractivity contribution in [2.24, 2.45) is 10.8 Å². The summed E-state index contributed by atoms with van der Waals surface area (Å²) in [4.78, 5) is 16.4. The van der Waals surface area contributed by atoms with Crippen LogP contribution in [-0.4, -0.2) is 16.9 Å². The number of anilines is 1. The number of rotatable bonds is 2. The number of nitrogens with one attached hydrogen (secondary N) is 1. The number of nitrogens with zero attached hydrogens (tertiary/aromatic N) is 2. The molecule has 22 heavy (non-hydrogen) atoms. The van der Waals surface area contributed by atoms with Crippen molar-refractivity contribution < 1.29 is 4.79 Å². The van der Waals surface area contributed by atoms with Gasteiger partial charge in [-0.15, -0.1) is 0 Å². The van der Waals surface area contributed by atoms with Gasteiger partial charge in [-0.25, -0.2) is 15.8 Å². The van der Waals surface area contributed by atoms with E-state index in [9.17, 15) is 4.79 Å². The standard InChI is InChI=1S/C17H16N4O/c1-12-7-9-13(10-8-12)11-15-16(22)21(18)17(20-15)19-14-5-3-2-4-6-14/h2-11H,18H2,1H3,(H,19,20)/b15-11+. The molecule has 5 nitrogen and oxygen atoms in total. The molecule has 3 rings (SSSR count). The highest BCUT2D eigenvalue weighted by molar-refractivity contribution is 6.16. The molecule has 0 radical (unpaired) electrons. The van der Waals surface area contributed by atoms with Crippen LogP contribution < -0.4 is 11.2 Å². The summed E-state index contributed by atoms with van der Waals surface area (Å²) in [5, 5.41) is 4.06. The fourth-order valence-corrected chi connectivity index (χ4v) is 2.09. The van der Waals surface area contributed by atoms with Gasteiger partial charge in [-0.3, -0.25) is 4.79 Å². The van der Waals surface area contributed by atoms with Crippen LogP contribution in [0.25, 0.3) is 6.08 Å². The molecule has 2 aromatic rings. The molecule has 0 aliphatic carbocycles. The van der Waals surface area contributed by atoms with Gasteiger partial charge in [-0.1, -0.05) is 48.0 Å². The van der Waals surface area contributed by atoms with Crippen LogP contribution >= 0.6 is 0 Å². The molecule has 0 atom stereocenters. The Kier molecular flexibility index (Phi) is 3.72. The Labute approximate surface area is 128 Å². The first-order valence-electron chi connectivity index (χ1n) is 6.92. The van der Waals surface area contributed by atoms with Crippen molar-refractivity contribution in [3.63, 3.8) is 0 Å². The maximum Gasteiger partial charge on any atom is 0.293 e. The molecule has 110 valence electrons. The number of benzene rings is 2. The molecule has 1 aliphatic rings. The summed E-state index contributed by atoms with van der Waals surface area (Å²) >= 11 is 0. The highest BCUT2D eigenvalue weighted by atomic mass is 16.2. The van der Waals surface area contributed by atoms with Crippen LogP contribution in [0, 0.1) is 6.92 Å². The SMILES string of the molecule is Cc1ccc(/C=C2/N=C(Nc3ccccc3)N(N)C2=O)cc1. The number of aryl methyl sites for hydroxylation is 1. The van der Waals surface area contributed by atoms with Gasteiger partial charge >= 0.3 is 0 Å². The summed E-state index contributed by atoms with van der Waals surface area (Å²) < 4.78 is 0. The van der Waals surface area contributed by atoms with Gasteiger partial charge < -0.3 is 5.32 Å². The molecule has 0 spiro atoms. The van der Waals surface area contributed by atoms with Gasteiger partial charge in [0, 0.05) is 5.69 Å². The lowest BCUT2D eigenvalue weighted by Crippen LogP contribution is -2.42. The predicted octanol–water partition coefficient (Wildman–Crippen LogP) is 2.52. The first kappa shape index (κ1) is 14.0. The van der Waals surface area contributed by atoms with E-state index in [4.69, 9.17) is 5.84 Å². The fourth-order valence-electron chi connectivity index (χ4n) is 2.09. The van der Waals surface area contributed by atoms with Crippen LogP contribution in [0.15, 0.2) is 65.3 Å². The van der Waals surface area contributed by atoms with E-state index >= 15 is 0 Å². The zero-order valence-electron chi connectivity index (χ0n) is 12.2. The molecule has 0 bridgehead atoms. The monoisotopic (exact) mass is 292 g/mol. The number of carbonyl (C=O) groups is 1. The van der Waals surface area contributed by atoms with Gasteiger partial charge in [-0.05, 0) is 30.7 Å².